The van der Waals surface area contributed by atoms with Gasteiger partial charge in [-0.1, -0.05) is 6.07 Å². The summed E-state index contributed by atoms with van der Waals surface area (Å²) in [6.07, 6.45) is 0. The second kappa shape index (κ2) is 6.13. The maximum Gasteiger partial charge on any atom is 0.345 e. The lowest BCUT2D eigenvalue weighted by Crippen LogP contribution is -2.06. The first-order chi connectivity index (χ1) is 10.1. The van der Waals surface area contributed by atoms with Gasteiger partial charge in [0.2, 0.25) is 0 Å². The maximum absolute atomic E-state index is 13.0. The molecule has 5 nitrogen and oxygen atoms in total. The molecule has 2 aromatic carbocycles. The van der Waals surface area contributed by atoms with E-state index in [0.29, 0.717) is 5.75 Å². The van der Waals surface area contributed by atoms with Crippen LogP contribution >= 0.6 is 0 Å². The molecule has 6 heteroatoms. The van der Waals surface area contributed by atoms with Crippen molar-refractivity contribution < 1.29 is 23.4 Å². The highest BCUT2D eigenvalue weighted by Crippen LogP contribution is 2.34. The van der Waals surface area contributed by atoms with Gasteiger partial charge in [-0.2, -0.15) is 0 Å². The Labute approximate surface area is 121 Å². The molecule has 0 aliphatic rings. The van der Waals surface area contributed by atoms with Gasteiger partial charge in [0.05, 0.1) is 19.9 Å². The SMILES string of the molecule is COC(=O)c1c(OC)cccc1Oc1ccc(F)cc1N. The molecular weight excluding hydrogens is 277 g/mol. The number of methoxy groups -OCH3 is 2. The lowest BCUT2D eigenvalue weighted by Gasteiger charge is -2.14. The molecule has 110 valence electrons. The molecule has 0 saturated carbocycles. The average molecular weight is 291 g/mol. The second-order valence-corrected chi connectivity index (χ2v) is 4.11. The topological polar surface area (TPSA) is 70.8 Å². The normalized spacial score (nSPS) is 10.0. The number of ether oxygens (including phenoxy) is 3. The zero-order valence-corrected chi connectivity index (χ0v) is 11.6. The van der Waals surface area contributed by atoms with E-state index in [1.807, 2.05) is 0 Å². The Morgan fingerprint density at radius 2 is 1.81 bits per heavy atom. The molecule has 0 radical (unpaired) electrons. The van der Waals surface area contributed by atoms with Gasteiger partial charge in [0.25, 0.3) is 0 Å². The summed E-state index contributed by atoms with van der Waals surface area (Å²) in [7, 11) is 2.68. The van der Waals surface area contributed by atoms with Gasteiger partial charge in [-0.15, -0.1) is 0 Å². The van der Waals surface area contributed by atoms with E-state index in [-0.39, 0.29) is 22.7 Å². The first-order valence-electron chi connectivity index (χ1n) is 6.05. The van der Waals surface area contributed by atoms with Crippen LogP contribution in [-0.2, 0) is 4.74 Å². The third kappa shape index (κ3) is 3.05. The van der Waals surface area contributed by atoms with E-state index in [0.717, 1.165) is 6.07 Å². The fourth-order valence-electron chi connectivity index (χ4n) is 1.80. The highest BCUT2D eigenvalue weighted by Gasteiger charge is 2.20. The Morgan fingerprint density at radius 1 is 1.10 bits per heavy atom. The number of hydrogen-bond acceptors (Lipinski definition) is 5. The van der Waals surface area contributed by atoms with Gasteiger partial charge in [-0.05, 0) is 24.3 Å². The van der Waals surface area contributed by atoms with Crippen molar-refractivity contribution in [1.82, 2.24) is 0 Å². The molecule has 0 aromatic heterocycles. The van der Waals surface area contributed by atoms with Gasteiger partial charge < -0.3 is 19.9 Å². The summed E-state index contributed by atoms with van der Waals surface area (Å²) in [6.45, 7) is 0. The van der Waals surface area contributed by atoms with E-state index < -0.39 is 11.8 Å². The minimum Gasteiger partial charge on any atom is -0.496 e. The van der Waals surface area contributed by atoms with E-state index in [1.54, 1.807) is 18.2 Å². The van der Waals surface area contributed by atoms with Crippen LogP contribution in [0.1, 0.15) is 10.4 Å². The van der Waals surface area contributed by atoms with Crippen molar-refractivity contribution in [3.8, 4) is 17.2 Å². The van der Waals surface area contributed by atoms with Crippen LogP contribution in [-0.4, -0.2) is 20.2 Å². The van der Waals surface area contributed by atoms with Gasteiger partial charge in [0.15, 0.2) is 5.75 Å². The zero-order valence-electron chi connectivity index (χ0n) is 11.6. The summed E-state index contributed by atoms with van der Waals surface area (Å²) in [5, 5.41) is 0. The number of benzene rings is 2. The van der Waals surface area contributed by atoms with Crippen LogP contribution in [0.2, 0.25) is 0 Å². The molecule has 0 saturated heterocycles. The number of rotatable bonds is 4. The molecule has 0 heterocycles. The van der Waals surface area contributed by atoms with Crippen molar-refractivity contribution in [3.05, 3.63) is 47.8 Å². The first-order valence-corrected chi connectivity index (χ1v) is 6.05. The fraction of sp³-hybridized carbons (Fsp3) is 0.133. The largest absolute Gasteiger partial charge is 0.496 e. The molecule has 2 N–H and O–H groups in total. The number of nitrogens with two attached hydrogens (primary N) is 1. The molecule has 2 aromatic rings. The van der Waals surface area contributed by atoms with E-state index in [4.69, 9.17) is 19.9 Å². The van der Waals surface area contributed by atoms with Gasteiger partial charge in [0.1, 0.15) is 22.9 Å². The summed E-state index contributed by atoms with van der Waals surface area (Å²) < 4.78 is 28.5. The first kappa shape index (κ1) is 14.6. The van der Waals surface area contributed by atoms with Crippen LogP contribution in [0.25, 0.3) is 0 Å². The van der Waals surface area contributed by atoms with Crippen LogP contribution in [0, 0.1) is 5.82 Å². The van der Waals surface area contributed by atoms with E-state index in [1.165, 1.54) is 26.4 Å². The third-order valence-corrected chi connectivity index (χ3v) is 2.79. The highest BCUT2D eigenvalue weighted by atomic mass is 19.1. The van der Waals surface area contributed by atoms with Crippen molar-refractivity contribution in [3.63, 3.8) is 0 Å². The summed E-state index contributed by atoms with van der Waals surface area (Å²) >= 11 is 0. The Balaban J connectivity index is 2.46. The van der Waals surface area contributed by atoms with Crippen LogP contribution in [0.15, 0.2) is 36.4 Å². The monoisotopic (exact) mass is 291 g/mol. The molecule has 0 amide bonds. The Bertz CT molecular complexity index is 673. The number of halogens is 1. The minimum absolute atomic E-state index is 0.119. The Morgan fingerprint density at radius 3 is 2.43 bits per heavy atom. The summed E-state index contributed by atoms with van der Waals surface area (Å²) in [4.78, 5) is 11.9. The van der Waals surface area contributed by atoms with Crippen LogP contribution in [0.5, 0.6) is 17.2 Å². The molecule has 0 bridgehead atoms. The van der Waals surface area contributed by atoms with E-state index in [2.05, 4.69) is 0 Å². The number of hydrogen-bond donors (Lipinski definition) is 1. The van der Waals surface area contributed by atoms with E-state index >= 15 is 0 Å². The molecular formula is C15H14FNO4. The zero-order chi connectivity index (χ0) is 15.4. The minimum atomic E-state index is -0.608. The predicted octanol–water partition coefficient (Wildman–Crippen LogP) is 3.00. The molecule has 0 fully saturated rings. The number of anilines is 1. The molecule has 21 heavy (non-hydrogen) atoms. The predicted molar refractivity (Wildman–Crippen MR) is 75.2 cm³/mol. The Hall–Kier alpha value is -2.76. The standard InChI is InChI=1S/C15H14FNO4/c1-19-12-4-3-5-13(14(12)15(18)20-2)21-11-7-6-9(16)8-10(11)17/h3-8H,17H2,1-2H3. The van der Waals surface area contributed by atoms with E-state index in [9.17, 15) is 9.18 Å². The second-order valence-electron chi connectivity index (χ2n) is 4.11. The molecule has 0 unspecified atom stereocenters. The quantitative estimate of drug-likeness (QED) is 0.692. The Kier molecular flexibility index (Phi) is 4.27. The van der Waals surface area contributed by atoms with Crippen molar-refractivity contribution in [1.29, 1.82) is 0 Å². The van der Waals surface area contributed by atoms with Gasteiger partial charge in [-0.25, -0.2) is 9.18 Å². The van der Waals surface area contributed by atoms with Gasteiger partial charge in [0, 0.05) is 6.07 Å². The smallest absolute Gasteiger partial charge is 0.345 e. The van der Waals surface area contributed by atoms with Crippen LogP contribution in [0.3, 0.4) is 0 Å². The number of carbonyl (C=O) groups is 1. The molecule has 0 aliphatic heterocycles. The molecule has 0 aliphatic carbocycles. The maximum atomic E-state index is 13.0. The third-order valence-electron chi connectivity index (χ3n) is 2.79. The van der Waals surface area contributed by atoms with Crippen LogP contribution in [0.4, 0.5) is 10.1 Å². The van der Waals surface area contributed by atoms with Crippen molar-refractivity contribution in [2.75, 3.05) is 20.0 Å². The van der Waals surface area contributed by atoms with Crippen LogP contribution < -0.4 is 15.2 Å². The lowest BCUT2D eigenvalue weighted by molar-refractivity contribution is 0.0594. The van der Waals surface area contributed by atoms with Gasteiger partial charge in [-0.3, -0.25) is 0 Å². The fourth-order valence-corrected chi connectivity index (χ4v) is 1.80. The van der Waals surface area contributed by atoms with Gasteiger partial charge >= 0.3 is 5.97 Å². The molecule has 0 spiro atoms. The number of nitrogen functional groups attached to an aromatic ring is 1. The molecule has 2 rings (SSSR count). The summed E-state index contributed by atoms with van der Waals surface area (Å²) in [6, 6.07) is 8.55. The number of esters is 1. The van der Waals surface area contributed by atoms with Crippen molar-refractivity contribution in [2.45, 2.75) is 0 Å². The average Bonchev–Trinajstić information content (AvgIpc) is 2.49. The van der Waals surface area contributed by atoms with Crippen molar-refractivity contribution in [2.24, 2.45) is 0 Å². The highest BCUT2D eigenvalue weighted by molar-refractivity contribution is 5.95. The number of carbonyl (C=O) groups excluding carboxylic acids is 1. The molecule has 0 atom stereocenters. The lowest BCUT2D eigenvalue weighted by atomic mass is 10.1. The summed E-state index contributed by atoms with van der Waals surface area (Å²) in [5.41, 5.74) is 5.94. The summed E-state index contributed by atoms with van der Waals surface area (Å²) in [5.74, 6) is -0.337. The van der Waals surface area contributed by atoms with Crippen molar-refractivity contribution >= 4 is 11.7 Å².